The maximum Gasteiger partial charge on any atom is 0.166 e. The van der Waals surface area contributed by atoms with E-state index in [-0.39, 0.29) is 0 Å². The molecule has 0 aliphatic heterocycles. The van der Waals surface area contributed by atoms with Crippen LogP contribution in [-0.4, -0.2) is 12.2 Å². The highest BCUT2D eigenvalue weighted by Gasteiger charge is 1.94. The minimum atomic E-state index is 0.641. The highest BCUT2D eigenvalue weighted by Crippen LogP contribution is 2.05. The first-order valence-electron chi connectivity index (χ1n) is 4.02. The van der Waals surface area contributed by atoms with Crippen LogP contribution in [-0.2, 0) is 6.54 Å². The van der Waals surface area contributed by atoms with Crippen molar-refractivity contribution in [2.45, 2.75) is 6.54 Å². The van der Waals surface area contributed by atoms with Crippen LogP contribution in [0.3, 0.4) is 0 Å². The summed E-state index contributed by atoms with van der Waals surface area (Å²) >= 11 is 4.93. The zero-order valence-corrected chi connectivity index (χ0v) is 8.32. The number of hydrogen-bond acceptors (Lipinski definition) is 2. The van der Waals surface area contributed by atoms with E-state index in [9.17, 15) is 0 Å². The molecular weight excluding hydrogens is 182 g/mol. The van der Waals surface area contributed by atoms with Crippen molar-refractivity contribution in [3.05, 3.63) is 29.8 Å². The minimum Gasteiger partial charge on any atom is -0.399 e. The van der Waals surface area contributed by atoms with Gasteiger partial charge in [0.1, 0.15) is 0 Å². The predicted molar refractivity (Wildman–Crippen MR) is 59.4 cm³/mol. The lowest BCUT2D eigenvalue weighted by molar-refractivity contribution is 0.891. The first-order valence-corrected chi connectivity index (χ1v) is 4.43. The first-order chi connectivity index (χ1) is 6.22. The molecule has 0 aliphatic carbocycles. The Morgan fingerprint density at radius 3 is 2.92 bits per heavy atom. The molecule has 0 amide bonds. The molecule has 3 nitrogen and oxygen atoms in total. The highest BCUT2D eigenvalue weighted by molar-refractivity contribution is 7.80. The molecule has 13 heavy (non-hydrogen) atoms. The average molecular weight is 195 g/mol. The molecule has 0 unspecified atom stereocenters. The van der Waals surface area contributed by atoms with E-state index in [1.807, 2.05) is 24.3 Å². The summed E-state index contributed by atoms with van der Waals surface area (Å²) in [7, 11) is 1.79. The van der Waals surface area contributed by atoms with E-state index in [1.54, 1.807) is 7.05 Å². The van der Waals surface area contributed by atoms with Gasteiger partial charge in [0, 0.05) is 19.3 Å². The first kappa shape index (κ1) is 9.80. The molecule has 0 aromatic heterocycles. The maximum absolute atomic E-state index is 5.62. The summed E-state index contributed by atoms with van der Waals surface area (Å²) in [5.41, 5.74) is 7.52. The van der Waals surface area contributed by atoms with Crippen LogP contribution >= 0.6 is 12.2 Å². The fourth-order valence-corrected chi connectivity index (χ4v) is 1.05. The van der Waals surface area contributed by atoms with Crippen molar-refractivity contribution in [2.24, 2.45) is 0 Å². The van der Waals surface area contributed by atoms with Gasteiger partial charge in [-0.2, -0.15) is 0 Å². The molecule has 4 heteroatoms. The van der Waals surface area contributed by atoms with Crippen molar-refractivity contribution in [1.82, 2.24) is 10.6 Å². The van der Waals surface area contributed by atoms with E-state index in [4.69, 9.17) is 18.0 Å². The molecule has 0 saturated carbocycles. The van der Waals surface area contributed by atoms with Gasteiger partial charge in [0.15, 0.2) is 5.11 Å². The van der Waals surface area contributed by atoms with Gasteiger partial charge < -0.3 is 16.4 Å². The van der Waals surface area contributed by atoms with Gasteiger partial charge in [-0.25, -0.2) is 0 Å². The van der Waals surface area contributed by atoms with Crippen molar-refractivity contribution >= 4 is 23.0 Å². The van der Waals surface area contributed by atoms with Crippen molar-refractivity contribution in [3.63, 3.8) is 0 Å². The SMILES string of the molecule is CNC(=S)NCc1cccc(N)c1. The minimum absolute atomic E-state index is 0.641. The van der Waals surface area contributed by atoms with Gasteiger partial charge in [-0.15, -0.1) is 0 Å². The predicted octanol–water partition coefficient (Wildman–Crippen LogP) is 0.863. The molecular formula is C9H13N3S. The molecule has 0 heterocycles. The number of hydrogen-bond donors (Lipinski definition) is 3. The molecule has 4 N–H and O–H groups in total. The summed E-state index contributed by atoms with van der Waals surface area (Å²) in [4.78, 5) is 0. The molecule has 0 spiro atoms. The van der Waals surface area contributed by atoms with Gasteiger partial charge in [0.2, 0.25) is 0 Å². The van der Waals surface area contributed by atoms with Crippen LogP contribution in [0, 0.1) is 0 Å². The van der Waals surface area contributed by atoms with Gasteiger partial charge >= 0.3 is 0 Å². The molecule has 0 fully saturated rings. The van der Waals surface area contributed by atoms with Crippen molar-refractivity contribution in [3.8, 4) is 0 Å². The fourth-order valence-electron chi connectivity index (χ4n) is 0.974. The Morgan fingerprint density at radius 2 is 2.31 bits per heavy atom. The Kier molecular flexibility index (Phi) is 3.52. The summed E-state index contributed by atoms with van der Waals surface area (Å²) < 4.78 is 0. The largest absolute Gasteiger partial charge is 0.399 e. The Hall–Kier alpha value is -1.29. The van der Waals surface area contributed by atoms with Gasteiger partial charge in [-0.05, 0) is 29.9 Å². The van der Waals surface area contributed by atoms with Crippen LogP contribution in [0.1, 0.15) is 5.56 Å². The number of benzene rings is 1. The smallest absolute Gasteiger partial charge is 0.166 e. The fraction of sp³-hybridized carbons (Fsp3) is 0.222. The maximum atomic E-state index is 5.62. The topological polar surface area (TPSA) is 50.1 Å². The summed E-state index contributed by atoms with van der Waals surface area (Å²) in [5, 5.41) is 6.52. The monoisotopic (exact) mass is 195 g/mol. The third-order valence-corrected chi connectivity index (χ3v) is 1.98. The Morgan fingerprint density at radius 1 is 1.54 bits per heavy atom. The van der Waals surface area contributed by atoms with E-state index in [1.165, 1.54) is 0 Å². The number of rotatable bonds is 2. The summed E-state index contributed by atoms with van der Waals surface area (Å²) in [6, 6.07) is 7.71. The van der Waals surface area contributed by atoms with E-state index in [0.717, 1.165) is 11.3 Å². The number of anilines is 1. The Labute approximate surface area is 83.3 Å². The Balaban J connectivity index is 2.50. The average Bonchev–Trinajstić information content (AvgIpc) is 2.14. The van der Waals surface area contributed by atoms with Crippen LogP contribution < -0.4 is 16.4 Å². The van der Waals surface area contributed by atoms with E-state index < -0.39 is 0 Å². The highest BCUT2D eigenvalue weighted by atomic mass is 32.1. The van der Waals surface area contributed by atoms with Crippen LogP contribution in [0.15, 0.2) is 24.3 Å². The van der Waals surface area contributed by atoms with Crippen LogP contribution in [0.25, 0.3) is 0 Å². The lowest BCUT2D eigenvalue weighted by Crippen LogP contribution is -2.31. The molecule has 0 radical (unpaired) electrons. The standard InChI is InChI=1S/C9H13N3S/c1-11-9(13)12-6-7-3-2-4-8(10)5-7/h2-5H,6,10H2,1H3,(H2,11,12,13). The number of nitrogens with one attached hydrogen (secondary N) is 2. The van der Waals surface area contributed by atoms with Gasteiger partial charge in [0.05, 0.1) is 0 Å². The second-order valence-electron chi connectivity index (χ2n) is 2.68. The third-order valence-electron chi connectivity index (χ3n) is 1.63. The Bertz CT molecular complexity index is 299. The van der Waals surface area contributed by atoms with Crippen molar-refractivity contribution in [1.29, 1.82) is 0 Å². The summed E-state index contributed by atoms with van der Waals surface area (Å²) in [5.74, 6) is 0. The lowest BCUT2D eigenvalue weighted by Gasteiger charge is -2.06. The number of nitrogens with two attached hydrogens (primary N) is 1. The van der Waals surface area contributed by atoms with Crippen molar-refractivity contribution < 1.29 is 0 Å². The normalized spacial score (nSPS) is 9.31. The molecule has 0 aliphatic rings. The summed E-state index contributed by atoms with van der Waals surface area (Å²) in [6.45, 7) is 0.699. The summed E-state index contributed by atoms with van der Waals surface area (Å²) in [6.07, 6.45) is 0. The number of nitrogen functional groups attached to an aromatic ring is 1. The van der Waals surface area contributed by atoms with Crippen LogP contribution in [0.2, 0.25) is 0 Å². The molecule has 70 valence electrons. The van der Waals surface area contributed by atoms with E-state index in [2.05, 4.69) is 10.6 Å². The molecule has 0 bridgehead atoms. The lowest BCUT2D eigenvalue weighted by atomic mass is 10.2. The second kappa shape index (κ2) is 4.67. The van der Waals surface area contributed by atoms with E-state index >= 15 is 0 Å². The molecule has 1 aromatic carbocycles. The zero-order chi connectivity index (χ0) is 9.68. The van der Waals surface area contributed by atoms with Crippen molar-refractivity contribution in [2.75, 3.05) is 12.8 Å². The third kappa shape index (κ3) is 3.29. The molecule has 1 rings (SSSR count). The molecule has 0 saturated heterocycles. The quantitative estimate of drug-likeness (QED) is 0.484. The number of thiocarbonyl (C=S) groups is 1. The molecule has 1 aromatic rings. The van der Waals surface area contributed by atoms with E-state index in [0.29, 0.717) is 11.7 Å². The van der Waals surface area contributed by atoms with Crippen LogP contribution in [0.4, 0.5) is 5.69 Å². The van der Waals surface area contributed by atoms with Gasteiger partial charge in [-0.3, -0.25) is 0 Å². The second-order valence-corrected chi connectivity index (χ2v) is 3.09. The van der Waals surface area contributed by atoms with Gasteiger partial charge in [0.25, 0.3) is 0 Å². The van der Waals surface area contributed by atoms with Gasteiger partial charge in [-0.1, -0.05) is 12.1 Å². The molecule has 0 atom stereocenters. The zero-order valence-electron chi connectivity index (χ0n) is 7.50. The van der Waals surface area contributed by atoms with Crippen LogP contribution in [0.5, 0.6) is 0 Å².